The van der Waals surface area contributed by atoms with Crippen LogP contribution in [-0.4, -0.2) is 56.2 Å². The number of likely N-dealkylation sites (tertiary alicyclic amines) is 1. The second kappa shape index (κ2) is 6.79. The fraction of sp³-hybridized carbons (Fsp3) is 0.500. The van der Waals surface area contributed by atoms with E-state index in [1.165, 1.54) is 0 Å². The van der Waals surface area contributed by atoms with Crippen LogP contribution < -0.4 is 0 Å². The number of amides is 2. The van der Waals surface area contributed by atoms with Gasteiger partial charge in [-0.2, -0.15) is 0 Å². The predicted octanol–water partition coefficient (Wildman–Crippen LogP) is 2.04. The summed E-state index contributed by atoms with van der Waals surface area (Å²) < 4.78 is 0. The number of aromatic nitrogens is 3. The van der Waals surface area contributed by atoms with E-state index in [0.717, 1.165) is 23.5 Å². The van der Waals surface area contributed by atoms with Gasteiger partial charge in [-0.25, -0.2) is 4.98 Å². The summed E-state index contributed by atoms with van der Waals surface area (Å²) in [6.45, 7) is 5.72. The fourth-order valence-electron chi connectivity index (χ4n) is 4.40. The number of carbonyl (C=O) groups excluding carboxylic acids is 2. The van der Waals surface area contributed by atoms with Crippen LogP contribution in [0.25, 0.3) is 0 Å². The van der Waals surface area contributed by atoms with E-state index in [1.807, 2.05) is 35.8 Å². The van der Waals surface area contributed by atoms with E-state index >= 15 is 0 Å². The molecule has 0 unspecified atom stereocenters. The molecule has 0 radical (unpaired) electrons. The standard InChI is InChI=1S/C20H25N5O2/c1-3-17(26)25-9-6-16-18(23-13-22-16)20(25)7-10-24(11-8-20)19(27)15-5-4-14(2)21-12-15/h4-5,12-13H,3,6-11H2,1-2H3,(H,22,23). The molecule has 0 aromatic carbocycles. The normalized spacial score (nSPS) is 18.4. The van der Waals surface area contributed by atoms with Crippen LogP contribution in [-0.2, 0) is 16.8 Å². The van der Waals surface area contributed by atoms with Gasteiger partial charge in [0, 0.05) is 50.1 Å². The lowest BCUT2D eigenvalue weighted by Gasteiger charge is -2.50. The zero-order chi connectivity index (χ0) is 19.0. The van der Waals surface area contributed by atoms with E-state index in [0.29, 0.717) is 44.5 Å². The monoisotopic (exact) mass is 367 g/mol. The van der Waals surface area contributed by atoms with Crippen molar-refractivity contribution in [2.45, 2.75) is 45.1 Å². The summed E-state index contributed by atoms with van der Waals surface area (Å²) in [6.07, 6.45) is 6.08. The van der Waals surface area contributed by atoms with Crippen LogP contribution in [0.2, 0.25) is 0 Å². The molecular formula is C20H25N5O2. The number of aromatic amines is 1. The Morgan fingerprint density at radius 2 is 1.96 bits per heavy atom. The van der Waals surface area contributed by atoms with Gasteiger partial charge in [0.15, 0.2) is 0 Å². The van der Waals surface area contributed by atoms with Crippen molar-refractivity contribution in [3.63, 3.8) is 0 Å². The van der Waals surface area contributed by atoms with Crippen LogP contribution in [0.15, 0.2) is 24.7 Å². The lowest BCUT2D eigenvalue weighted by atomic mass is 9.78. The number of piperidine rings is 1. The summed E-state index contributed by atoms with van der Waals surface area (Å²) in [6, 6.07) is 3.69. The van der Waals surface area contributed by atoms with Crippen LogP contribution in [0.1, 0.15) is 53.6 Å². The largest absolute Gasteiger partial charge is 0.348 e. The number of fused-ring (bicyclic) bond motifs is 2. The molecule has 2 aliphatic rings. The Balaban J connectivity index is 1.58. The van der Waals surface area contributed by atoms with E-state index in [2.05, 4.69) is 15.0 Å². The van der Waals surface area contributed by atoms with Gasteiger partial charge in [0.2, 0.25) is 5.91 Å². The van der Waals surface area contributed by atoms with E-state index < -0.39 is 5.54 Å². The molecule has 0 aliphatic carbocycles. The predicted molar refractivity (Wildman–Crippen MR) is 100 cm³/mol. The molecule has 1 fully saturated rings. The number of aryl methyl sites for hydroxylation is 1. The second-order valence-corrected chi connectivity index (χ2v) is 7.39. The Kier molecular flexibility index (Phi) is 4.45. The molecule has 7 nitrogen and oxygen atoms in total. The molecule has 1 N–H and O–H groups in total. The summed E-state index contributed by atoms with van der Waals surface area (Å²) in [4.78, 5) is 41.4. The van der Waals surface area contributed by atoms with Gasteiger partial charge in [0.25, 0.3) is 5.91 Å². The van der Waals surface area contributed by atoms with Crippen molar-refractivity contribution in [2.75, 3.05) is 19.6 Å². The molecule has 0 atom stereocenters. The number of hydrogen-bond acceptors (Lipinski definition) is 4. The van der Waals surface area contributed by atoms with Gasteiger partial charge >= 0.3 is 0 Å². The van der Waals surface area contributed by atoms with Crippen LogP contribution >= 0.6 is 0 Å². The first-order valence-corrected chi connectivity index (χ1v) is 9.60. The molecule has 2 amide bonds. The maximum Gasteiger partial charge on any atom is 0.255 e. The highest BCUT2D eigenvalue weighted by atomic mass is 16.2. The van der Waals surface area contributed by atoms with Gasteiger partial charge in [-0.1, -0.05) is 6.92 Å². The Hall–Kier alpha value is -2.70. The van der Waals surface area contributed by atoms with Crippen molar-refractivity contribution in [3.05, 3.63) is 47.3 Å². The summed E-state index contributed by atoms with van der Waals surface area (Å²) >= 11 is 0. The zero-order valence-electron chi connectivity index (χ0n) is 15.9. The number of pyridine rings is 1. The highest BCUT2D eigenvalue weighted by molar-refractivity contribution is 5.94. The third-order valence-electron chi connectivity index (χ3n) is 5.90. The Bertz CT molecular complexity index is 850. The summed E-state index contributed by atoms with van der Waals surface area (Å²) in [7, 11) is 0. The first kappa shape index (κ1) is 17.7. The van der Waals surface area contributed by atoms with Crippen molar-refractivity contribution in [2.24, 2.45) is 0 Å². The molecule has 2 aliphatic heterocycles. The molecular weight excluding hydrogens is 342 g/mol. The molecule has 142 valence electrons. The van der Waals surface area contributed by atoms with Crippen molar-refractivity contribution in [3.8, 4) is 0 Å². The summed E-state index contributed by atoms with van der Waals surface area (Å²) in [5.74, 6) is 0.162. The molecule has 4 rings (SSSR count). The Morgan fingerprint density at radius 1 is 1.19 bits per heavy atom. The highest BCUT2D eigenvalue weighted by Crippen LogP contribution is 2.42. The van der Waals surface area contributed by atoms with Crippen LogP contribution in [0.4, 0.5) is 0 Å². The minimum Gasteiger partial charge on any atom is -0.348 e. The SMILES string of the molecule is CCC(=O)N1CCc2[nH]cnc2C12CCN(C(=O)c1ccc(C)nc1)CC2. The van der Waals surface area contributed by atoms with E-state index in [9.17, 15) is 9.59 Å². The van der Waals surface area contributed by atoms with Crippen LogP contribution in [0.5, 0.6) is 0 Å². The van der Waals surface area contributed by atoms with Crippen molar-refractivity contribution < 1.29 is 9.59 Å². The van der Waals surface area contributed by atoms with Gasteiger partial charge in [-0.15, -0.1) is 0 Å². The molecule has 0 saturated carbocycles. The van der Waals surface area contributed by atoms with Crippen molar-refractivity contribution in [1.29, 1.82) is 0 Å². The average Bonchev–Trinajstić information content (AvgIpc) is 3.18. The van der Waals surface area contributed by atoms with E-state index in [-0.39, 0.29) is 11.8 Å². The molecule has 4 heterocycles. The Morgan fingerprint density at radius 3 is 2.63 bits per heavy atom. The van der Waals surface area contributed by atoms with Crippen LogP contribution in [0, 0.1) is 6.92 Å². The number of imidazole rings is 1. The fourth-order valence-corrected chi connectivity index (χ4v) is 4.40. The quantitative estimate of drug-likeness (QED) is 0.881. The minimum absolute atomic E-state index is 0.00350. The number of nitrogens with one attached hydrogen (secondary N) is 1. The topological polar surface area (TPSA) is 82.2 Å². The Labute approximate surface area is 158 Å². The number of H-pyrrole nitrogens is 1. The molecule has 1 spiro atoms. The third kappa shape index (κ3) is 2.91. The lowest BCUT2D eigenvalue weighted by molar-refractivity contribution is -0.141. The van der Waals surface area contributed by atoms with Crippen LogP contribution in [0.3, 0.4) is 0 Å². The van der Waals surface area contributed by atoms with Gasteiger partial charge in [-0.3, -0.25) is 14.6 Å². The first-order valence-electron chi connectivity index (χ1n) is 9.60. The van der Waals surface area contributed by atoms with E-state index in [4.69, 9.17) is 0 Å². The van der Waals surface area contributed by atoms with Gasteiger partial charge in [-0.05, 0) is 31.9 Å². The first-order chi connectivity index (χ1) is 13.0. The maximum atomic E-state index is 12.8. The number of nitrogens with zero attached hydrogens (tertiary/aromatic N) is 4. The summed E-state index contributed by atoms with van der Waals surface area (Å²) in [5.41, 5.74) is 3.22. The molecule has 2 aromatic heterocycles. The molecule has 2 aromatic rings. The lowest BCUT2D eigenvalue weighted by Crippen LogP contribution is -2.58. The van der Waals surface area contributed by atoms with Crippen molar-refractivity contribution in [1.82, 2.24) is 24.8 Å². The highest BCUT2D eigenvalue weighted by Gasteiger charge is 2.48. The van der Waals surface area contributed by atoms with E-state index in [1.54, 1.807) is 12.5 Å². The number of hydrogen-bond donors (Lipinski definition) is 1. The van der Waals surface area contributed by atoms with Gasteiger partial charge < -0.3 is 14.8 Å². The third-order valence-corrected chi connectivity index (χ3v) is 5.90. The molecule has 1 saturated heterocycles. The number of rotatable bonds is 2. The maximum absolute atomic E-state index is 12.8. The smallest absolute Gasteiger partial charge is 0.255 e. The number of carbonyl (C=O) groups is 2. The molecule has 7 heteroatoms. The molecule has 27 heavy (non-hydrogen) atoms. The summed E-state index contributed by atoms with van der Waals surface area (Å²) in [5, 5.41) is 0. The van der Waals surface area contributed by atoms with Crippen molar-refractivity contribution >= 4 is 11.8 Å². The zero-order valence-corrected chi connectivity index (χ0v) is 15.9. The molecule has 0 bridgehead atoms. The van der Waals surface area contributed by atoms with Gasteiger partial charge in [0.1, 0.15) is 0 Å². The average molecular weight is 367 g/mol. The van der Waals surface area contributed by atoms with Gasteiger partial charge in [0.05, 0.1) is 23.1 Å². The second-order valence-electron chi connectivity index (χ2n) is 7.39. The minimum atomic E-state index is -0.400.